The van der Waals surface area contributed by atoms with Crippen molar-refractivity contribution >= 4 is 17.7 Å². The minimum atomic E-state index is -0.636. The molecule has 29 heavy (non-hydrogen) atoms. The Morgan fingerprint density at radius 3 is 2.52 bits per heavy atom. The van der Waals surface area contributed by atoms with Gasteiger partial charge < -0.3 is 19.5 Å². The molecule has 0 aromatic heterocycles. The van der Waals surface area contributed by atoms with Crippen molar-refractivity contribution in [2.75, 3.05) is 25.6 Å². The van der Waals surface area contributed by atoms with Crippen LogP contribution in [0.5, 0.6) is 0 Å². The minimum absolute atomic E-state index is 0.0844. The predicted molar refractivity (Wildman–Crippen MR) is 114 cm³/mol. The first-order valence-corrected chi connectivity index (χ1v) is 10.3. The number of carbonyl (C=O) groups is 2. The zero-order valence-electron chi connectivity index (χ0n) is 18.8. The topological polar surface area (TPSA) is 85.9 Å². The summed E-state index contributed by atoms with van der Waals surface area (Å²) in [7, 11) is 1.31. The first-order chi connectivity index (χ1) is 13.7. The van der Waals surface area contributed by atoms with Gasteiger partial charge in [-0.3, -0.25) is 5.32 Å². The second-order valence-electron chi connectivity index (χ2n) is 7.53. The summed E-state index contributed by atoms with van der Waals surface area (Å²) in [6.07, 6.45) is 1.38. The highest BCUT2D eigenvalue weighted by Gasteiger charge is 2.25. The van der Waals surface area contributed by atoms with Gasteiger partial charge >= 0.3 is 12.1 Å². The van der Waals surface area contributed by atoms with E-state index in [9.17, 15) is 9.59 Å². The molecule has 7 heteroatoms. The molecule has 2 atom stereocenters. The highest BCUT2D eigenvalue weighted by Crippen LogP contribution is 2.29. The van der Waals surface area contributed by atoms with E-state index in [1.54, 1.807) is 32.9 Å². The van der Waals surface area contributed by atoms with Crippen molar-refractivity contribution in [3.63, 3.8) is 0 Å². The largest absolute Gasteiger partial charge is 0.465 e. The monoisotopic (exact) mass is 408 g/mol. The van der Waals surface area contributed by atoms with Crippen LogP contribution in [0.3, 0.4) is 0 Å². The Morgan fingerprint density at radius 1 is 1.24 bits per heavy atom. The number of hydrogen-bond donors (Lipinski definition) is 2. The van der Waals surface area contributed by atoms with E-state index in [-0.39, 0.29) is 17.7 Å². The summed E-state index contributed by atoms with van der Waals surface area (Å²) in [5.41, 5.74) is 0.985. The van der Waals surface area contributed by atoms with Gasteiger partial charge in [-0.05, 0) is 64.8 Å². The third kappa shape index (κ3) is 8.03. The van der Waals surface area contributed by atoms with Crippen molar-refractivity contribution in [3.8, 4) is 0 Å². The summed E-state index contributed by atoms with van der Waals surface area (Å²) in [5.74, 6) is -0.517. The SMILES string of the molecule is CC.CCOC1CCNC(c2ccc(C(=O)OC)c(NC(=O)OC(C)(C)C)c2)C1. The molecular weight excluding hydrogens is 372 g/mol. The molecule has 0 aliphatic carbocycles. The third-order valence-electron chi connectivity index (χ3n) is 4.24. The van der Waals surface area contributed by atoms with Crippen LogP contribution in [-0.2, 0) is 14.2 Å². The van der Waals surface area contributed by atoms with Crippen molar-refractivity contribution in [1.29, 1.82) is 0 Å². The third-order valence-corrected chi connectivity index (χ3v) is 4.24. The molecule has 164 valence electrons. The fourth-order valence-corrected chi connectivity index (χ4v) is 3.11. The molecule has 1 aliphatic heterocycles. The highest BCUT2D eigenvalue weighted by molar-refractivity contribution is 5.99. The highest BCUT2D eigenvalue weighted by atomic mass is 16.6. The van der Waals surface area contributed by atoms with Gasteiger partial charge in [-0.25, -0.2) is 9.59 Å². The number of hydrogen-bond acceptors (Lipinski definition) is 6. The Morgan fingerprint density at radius 2 is 1.93 bits per heavy atom. The van der Waals surface area contributed by atoms with Gasteiger partial charge in [-0.2, -0.15) is 0 Å². The second-order valence-corrected chi connectivity index (χ2v) is 7.53. The maximum atomic E-state index is 12.2. The first kappa shape index (κ1) is 24.9. The van der Waals surface area contributed by atoms with E-state index in [1.165, 1.54) is 7.11 Å². The molecule has 1 saturated heterocycles. The smallest absolute Gasteiger partial charge is 0.412 e. The van der Waals surface area contributed by atoms with E-state index in [0.717, 1.165) is 24.9 Å². The maximum absolute atomic E-state index is 12.2. The van der Waals surface area contributed by atoms with E-state index in [1.807, 2.05) is 26.8 Å². The van der Waals surface area contributed by atoms with Gasteiger partial charge in [0, 0.05) is 12.6 Å². The van der Waals surface area contributed by atoms with Crippen LogP contribution >= 0.6 is 0 Å². The molecule has 1 amide bonds. The molecule has 2 rings (SSSR count). The molecule has 1 aromatic rings. The number of nitrogens with one attached hydrogen (secondary N) is 2. The van der Waals surface area contributed by atoms with E-state index >= 15 is 0 Å². The van der Waals surface area contributed by atoms with Crippen LogP contribution in [0.4, 0.5) is 10.5 Å². The number of ether oxygens (including phenoxy) is 3. The summed E-state index contributed by atoms with van der Waals surface area (Å²) in [6.45, 7) is 12.9. The summed E-state index contributed by atoms with van der Waals surface area (Å²) in [5, 5.41) is 6.14. The Kier molecular flexibility index (Phi) is 10.1. The van der Waals surface area contributed by atoms with Crippen molar-refractivity contribution in [3.05, 3.63) is 29.3 Å². The molecular formula is C22H36N2O5. The number of methoxy groups -OCH3 is 1. The normalized spacial score (nSPS) is 18.9. The maximum Gasteiger partial charge on any atom is 0.412 e. The number of benzene rings is 1. The van der Waals surface area contributed by atoms with Crippen LogP contribution in [0.25, 0.3) is 0 Å². The molecule has 1 heterocycles. The molecule has 1 fully saturated rings. The van der Waals surface area contributed by atoms with E-state index < -0.39 is 17.7 Å². The first-order valence-electron chi connectivity index (χ1n) is 10.3. The predicted octanol–water partition coefficient (Wildman–Crippen LogP) is 4.68. The zero-order chi connectivity index (χ0) is 22.0. The number of piperidine rings is 1. The fraction of sp³-hybridized carbons (Fsp3) is 0.636. The van der Waals surface area contributed by atoms with Crippen molar-refractivity contribution in [1.82, 2.24) is 5.32 Å². The van der Waals surface area contributed by atoms with Gasteiger partial charge in [0.2, 0.25) is 0 Å². The van der Waals surface area contributed by atoms with Crippen LogP contribution in [-0.4, -0.2) is 44.0 Å². The van der Waals surface area contributed by atoms with Gasteiger partial charge in [0.15, 0.2) is 0 Å². The van der Waals surface area contributed by atoms with Gasteiger partial charge in [0.1, 0.15) is 5.60 Å². The lowest BCUT2D eigenvalue weighted by molar-refractivity contribution is 0.0297. The van der Waals surface area contributed by atoms with Gasteiger partial charge in [-0.15, -0.1) is 0 Å². The lowest BCUT2D eigenvalue weighted by Crippen LogP contribution is -2.35. The van der Waals surface area contributed by atoms with Gasteiger partial charge in [0.25, 0.3) is 0 Å². The molecule has 2 N–H and O–H groups in total. The van der Waals surface area contributed by atoms with E-state index in [4.69, 9.17) is 14.2 Å². The minimum Gasteiger partial charge on any atom is -0.465 e. The van der Waals surface area contributed by atoms with Gasteiger partial charge in [0.05, 0.1) is 24.5 Å². The molecule has 1 aliphatic rings. The number of amides is 1. The van der Waals surface area contributed by atoms with Crippen LogP contribution in [0.1, 0.15) is 76.3 Å². The van der Waals surface area contributed by atoms with Crippen molar-refractivity contribution < 1.29 is 23.8 Å². The van der Waals surface area contributed by atoms with Crippen molar-refractivity contribution in [2.45, 2.75) is 72.1 Å². The lowest BCUT2D eigenvalue weighted by atomic mass is 9.94. The molecule has 0 spiro atoms. The molecule has 1 aromatic carbocycles. The van der Waals surface area contributed by atoms with Crippen LogP contribution in [0, 0.1) is 0 Å². The Bertz CT molecular complexity index is 668. The summed E-state index contributed by atoms with van der Waals surface area (Å²) in [4.78, 5) is 24.3. The van der Waals surface area contributed by atoms with Gasteiger partial charge in [-0.1, -0.05) is 19.9 Å². The fourth-order valence-electron chi connectivity index (χ4n) is 3.11. The number of esters is 1. The number of rotatable bonds is 5. The molecule has 0 bridgehead atoms. The van der Waals surface area contributed by atoms with E-state index in [0.29, 0.717) is 12.3 Å². The lowest BCUT2D eigenvalue weighted by Gasteiger charge is -2.31. The van der Waals surface area contributed by atoms with Crippen LogP contribution < -0.4 is 10.6 Å². The molecule has 7 nitrogen and oxygen atoms in total. The summed E-state index contributed by atoms with van der Waals surface area (Å²) >= 11 is 0. The Labute approximate surface area is 174 Å². The second kappa shape index (κ2) is 11.8. The zero-order valence-corrected chi connectivity index (χ0v) is 18.8. The number of anilines is 1. The van der Waals surface area contributed by atoms with Crippen LogP contribution in [0.2, 0.25) is 0 Å². The number of carbonyl (C=O) groups excluding carboxylic acids is 2. The average molecular weight is 409 g/mol. The summed E-state index contributed by atoms with van der Waals surface area (Å²) < 4.78 is 15.9. The molecule has 0 saturated carbocycles. The Hall–Kier alpha value is -2.12. The average Bonchev–Trinajstić information content (AvgIpc) is 2.68. The Balaban J connectivity index is 0.00000204. The molecule has 2 unspecified atom stereocenters. The van der Waals surface area contributed by atoms with E-state index in [2.05, 4.69) is 10.6 Å². The molecule has 0 radical (unpaired) electrons. The summed E-state index contributed by atoms with van der Waals surface area (Å²) in [6, 6.07) is 5.42. The van der Waals surface area contributed by atoms with Crippen LogP contribution in [0.15, 0.2) is 18.2 Å². The standard InChI is InChI=1S/C20H30N2O5.C2H6/c1-6-26-14-9-10-21-16(12-14)13-7-8-15(18(23)25-5)17(11-13)22-19(24)27-20(2,3)4;1-2/h7-8,11,14,16,21H,6,9-10,12H2,1-5H3,(H,22,24);1-2H3. The van der Waals surface area contributed by atoms with Crippen molar-refractivity contribution in [2.24, 2.45) is 0 Å². The quantitative estimate of drug-likeness (QED) is 0.688.